The average molecular weight is 328 g/mol. The summed E-state index contributed by atoms with van der Waals surface area (Å²) in [6.45, 7) is 1.54. The van der Waals surface area contributed by atoms with Crippen molar-refractivity contribution in [1.29, 1.82) is 0 Å². The van der Waals surface area contributed by atoms with Gasteiger partial charge >= 0.3 is 5.97 Å². The Labute approximate surface area is 135 Å². The first-order valence-corrected chi connectivity index (χ1v) is 7.01. The Balaban J connectivity index is 2.06. The zero-order chi connectivity index (χ0) is 17.4. The molecule has 0 fully saturated rings. The number of hydrogen-bond acceptors (Lipinski definition) is 5. The van der Waals surface area contributed by atoms with Gasteiger partial charge in [0.1, 0.15) is 5.75 Å². The largest absolute Gasteiger partial charge is 0.481 e. The molecule has 1 atom stereocenters. The van der Waals surface area contributed by atoms with Crippen LogP contribution in [0.15, 0.2) is 36.4 Å². The number of hydrogen-bond donors (Lipinski definition) is 2. The Morgan fingerprint density at radius 1 is 1.25 bits per heavy atom. The minimum Gasteiger partial charge on any atom is -0.481 e. The minimum absolute atomic E-state index is 0.0354. The highest BCUT2D eigenvalue weighted by molar-refractivity contribution is 6.08. The van der Waals surface area contributed by atoms with E-state index in [4.69, 9.17) is 9.84 Å². The molecule has 0 saturated carbocycles. The molecule has 1 unspecified atom stereocenters. The maximum Gasteiger partial charge on any atom is 0.310 e. The summed E-state index contributed by atoms with van der Waals surface area (Å²) in [5.41, 5.74) is 0.688. The molecule has 8 nitrogen and oxygen atoms in total. The fraction of sp³-hybridized carbons (Fsp3) is 0.125. The van der Waals surface area contributed by atoms with Crippen molar-refractivity contribution in [2.75, 3.05) is 5.32 Å². The summed E-state index contributed by atoms with van der Waals surface area (Å²) in [6.07, 6.45) is 0. The number of nitrogens with zero attached hydrogens (tertiary/aromatic N) is 1. The molecule has 2 N–H and O–H groups in total. The van der Waals surface area contributed by atoms with Crippen LogP contribution in [0.3, 0.4) is 0 Å². The fourth-order valence-electron chi connectivity index (χ4n) is 2.34. The maximum atomic E-state index is 12.3. The Hall–Kier alpha value is -3.42. The lowest BCUT2D eigenvalue weighted by Gasteiger charge is -2.12. The van der Waals surface area contributed by atoms with Crippen LogP contribution < -0.4 is 10.1 Å². The lowest BCUT2D eigenvalue weighted by molar-refractivity contribution is -0.384. The predicted octanol–water partition coefficient (Wildman–Crippen LogP) is 3.14. The van der Waals surface area contributed by atoms with Crippen molar-refractivity contribution in [2.24, 2.45) is 0 Å². The molecule has 0 aliphatic carbocycles. The molecule has 0 bridgehead atoms. The molecule has 0 spiro atoms. The number of rotatable bonds is 3. The van der Waals surface area contributed by atoms with Gasteiger partial charge in [-0.1, -0.05) is 6.07 Å². The van der Waals surface area contributed by atoms with E-state index >= 15 is 0 Å². The van der Waals surface area contributed by atoms with E-state index in [1.807, 2.05) is 0 Å². The summed E-state index contributed by atoms with van der Waals surface area (Å²) in [7, 11) is 0. The van der Waals surface area contributed by atoms with Gasteiger partial charge in [0.05, 0.1) is 22.1 Å². The number of carbonyl (C=O) groups excluding carboxylic acids is 1. The number of ether oxygens (including phenoxy) is 1. The first kappa shape index (κ1) is 15.5. The van der Waals surface area contributed by atoms with Crippen LogP contribution in [0.4, 0.5) is 11.4 Å². The van der Waals surface area contributed by atoms with Crippen LogP contribution >= 0.6 is 0 Å². The molecule has 8 heteroatoms. The van der Waals surface area contributed by atoms with Crippen molar-refractivity contribution in [2.45, 2.75) is 12.8 Å². The molecule has 24 heavy (non-hydrogen) atoms. The predicted molar refractivity (Wildman–Crippen MR) is 83.6 cm³/mol. The minimum atomic E-state index is -0.983. The average Bonchev–Trinajstić information content (AvgIpc) is 2.68. The summed E-state index contributed by atoms with van der Waals surface area (Å²) in [5.74, 6) is -1.82. The fourth-order valence-corrected chi connectivity index (χ4v) is 2.34. The zero-order valence-electron chi connectivity index (χ0n) is 12.5. The Bertz CT molecular complexity index is 877. The van der Waals surface area contributed by atoms with E-state index in [9.17, 15) is 19.7 Å². The normalized spacial score (nSPS) is 13.6. The van der Waals surface area contributed by atoms with Crippen LogP contribution in [-0.2, 0) is 4.79 Å². The molecule has 0 aromatic heterocycles. The van der Waals surface area contributed by atoms with Gasteiger partial charge in [-0.3, -0.25) is 19.7 Å². The number of amides is 1. The van der Waals surface area contributed by atoms with Crippen LogP contribution in [-0.4, -0.2) is 21.9 Å². The molecular formula is C16H12N2O6. The van der Waals surface area contributed by atoms with Gasteiger partial charge in [-0.15, -0.1) is 0 Å². The van der Waals surface area contributed by atoms with Gasteiger partial charge in [0.15, 0.2) is 5.75 Å². The third-order valence-electron chi connectivity index (χ3n) is 3.76. The Morgan fingerprint density at radius 3 is 2.67 bits per heavy atom. The van der Waals surface area contributed by atoms with Crippen LogP contribution in [0.1, 0.15) is 28.8 Å². The van der Waals surface area contributed by atoms with Crippen LogP contribution in [0, 0.1) is 10.1 Å². The quantitative estimate of drug-likeness (QED) is 0.660. The van der Waals surface area contributed by atoms with Gasteiger partial charge < -0.3 is 15.2 Å². The van der Waals surface area contributed by atoms with Gasteiger partial charge in [-0.25, -0.2) is 0 Å². The lowest BCUT2D eigenvalue weighted by Crippen LogP contribution is -2.11. The van der Waals surface area contributed by atoms with Gasteiger partial charge in [-0.2, -0.15) is 0 Å². The molecule has 0 radical (unpaired) electrons. The number of nitro groups is 1. The monoisotopic (exact) mass is 328 g/mol. The number of fused-ring (bicyclic) bond motifs is 2. The van der Waals surface area contributed by atoms with Crippen molar-refractivity contribution < 1.29 is 24.4 Å². The second kappa shape index (κ2) is 5.65. The molecule has 2 aromatic rings. The molecule has 0 saturated heterocycles. The second-order valence-electron chi connectivity index (χ2n) is 5.31. The number of carboxylic acids is 1. The molecule has 1 heterocycles. The van der Waals surface area contributed by atoms with E-state index < -0.39 is 22.7 Å². The number of nitro benzene ring substituents is 1. The summed E-state index contributed by atoms with van der Waals surface area (Å²) in [4.78, 5) is 33.6. The van der Waals surface area contributed by atoms with Gasteiger partial charge in [0.25, 0.3) is 11.6 Å². The van der Waals surface area contributed by atoms with E-state index in [0.29, 0.717) is 11.3 Å². The standard InChI is InChI=1S/C16H12N2O6/c1-8(16(20)21)9-2-4-12-14(6-9)24-13-5-3-10(18(22)23)7-11(13)15(19)17-12/h2-8H,1H3,(H,17,19)(H,20,21). The molecular weight excluding hydrogens is 316 g/mol. The van der Waals surface area contributed by atoms with E-state index in [1.165, 1.54) is 25.1 Å². The van der Waals surface area contributed by atoms with Gasteiger partial charge in [0, 0.05) is 12.1 Å². The molecule has 1 aliphatic heterocycles. The van der Waals surface area contributed by atoms with Crippen molar-refractivity contribution in [3.05, 3.63) is 57.6 Å². The van der Waals surface area contributed by atoms with Crippen molar-refractivity contribution in [1.82, 2.24) is 0 Å². The number of carbonyl (C=O) groups is 2. The summed E-state index contributed by atoms with van der Waals surface area (Å²) < 4.78 is 5.68. The number of nitrogens with one attached hydrogen (secondary N) is 1. The SMILES string of the molecule is CC(C(=O)O)c1ccc2c(c1)Oc1ccc([N+](=O)[O-])cc1C(=O)N2. The lowest BCUT2D eigenvalue weighted by atomic mass is 10.0. The number of aliphatic carboxylic acids is 1. The smallest absolute Gasteiger partial charge is 0.310 e. The maximum absolute atomic E-state index is 12.3. The highest BCUT2D eigenvalue weighted by Crippen LogP contribution is 2.38. The zero-order valence-corrected chi connectivity index (χ0v) is 12.5. The number of benzene rings is 2. The third kappa shape index (κ3) is 2.65. The van der Waals surface area contributed by atoms with Crippen LogP contribution in [0.25, 0.3) is 0 Å². The van der Waals surface area contributed by atoms with E-state index in [1.54, 1.807) is 12.1 Å². The number of non-ortho nitro benzene ring substituents is 1. The third-order valence-corrected chi connectivity index (χ3v) is 3.76. The van der Waals surface area contributed by atoms with Gasteiger partial charge in [0.2, 0.25) is 0 Å². The molecule has 1 aliphatic rings. The molecule has 3 rings (SSSR count). The van der Waals surface area contributed by atoms with E-state index in [0.717, 1.165) is 6.07 Å². The molecule has 2 aromatic carbocycles. The second-order valence-corrected chi connectivity index (χ2v) is 5.31. The van der Waals surface area contributed by atoms with Crippen molar-refractivity contribution in [3.63, 3.8) is 0 Å². The first-order chi connectivity index (χ1) is 11.4. The topological polar surface area (TPSA) is 119 Å². The van der Waals surface area contributed by atoms with Crippen LogP contribution in [0.5, 0.6) is 11.5 Å². The van der Waals surface area contributed by atoms with Gasteiger partial charge in [-0.05, 0) is 30.7 Å². The highest BCUT2D eigenvalue weighted by Gasteiger charge is 2.25. The van der Waals surface area contributed by atoms with E-state index in [-0.39, 0.29) is 22.7 Å². The summed E-state index contributed by atoms with van der Waals surface area (Å²) in [5, 5.41) is 22.6. The summed E-state index contributed by atoms with van der Waals surface area (Å²) in [6, 6.07) is 8.38. The molecule has 1 amide bonds. The number of anilines is 1. The van der Waals surface area contributed by atoms with Crippen LogP contribution in [0.2, 0.25) is 0 Å². The number of carboxylic acid groups (broad SMARTS) is 1. The Morgan fingerprint density at radius 2 is 2.00 bits per heavy atom. The molecule has 122 valence electrons. The Kier molecular flexibility index (Phi) is 3.64. The highest BCUT2D eigenvalue weighted by atomic mass is 16.6. The van der Waals surface area contributed by atoms with E-state index in [2.05, 4.69) is 5.32 Å². The van der Waals surface area contributed by atoms with Crippen molar-refractivity contribution >= 4 is 23.3 Å². The van der Waals surface area contributed by atoms with Crippen molar-refractivity contribution in [3.8, 4) is 11.5 Å². The summed E-state index contributed by atoms with van der Waals surface area (Å²) >= 11 is 0. The first-order valence-electron chi connectivity index (χ1n) is 7.01.